The molecule has 0 radical (unpaired) electrons. The highest BCUT2D eigenvalue weighted by atomic mass is 35.5. The third-order valence-electron chi connectivity index (χ3n) is 3.01. The Morgan fingerprint density at radius 3 is 2.68 bits per heavy atom. The third kappa shape index (κ3) is 2.77. The predicted molar refractivity (Wildman–Crippen MR) is 76.8 cm³/mol. The maximum atomic E-state index is 13.2. The molecule has 0 aliphatic rings. The molecule has 0 atom stereocenters. The topological polar surface area (TPSA) is 17.8 Å². The van der Waals surface area contributed by atoms with Gasteiger partial charge in [0.05, 0.1) is 17.3 Å². The molecule has 0 saturated carbocycles. The van der Waals surface area contributed by atoms with Gasteiger partial charge in [0.25, 0.3) is 0 Å². The molecule has 0 saturated heterocycles. The first-order valence-corrected chi connectivity index (χ1v) is 7.08. The fraction of sp³-hybridized carbons (Fsp3) is 0.357. The Balaban J connectivity index is 2.56. The predicted octanol–water partition coefficient (Wildman–Crippen LogP) is 4.66. The van der Waals surface area contributed by atoms with Gasteiger partial charge in [0.1, 0.15) is 11.0 Å². The molecule has 1 aromatic heterocycles. The fourth-order valence-electron chi connectivity index (χ4n) is 2.06. The number of halogens is 3. The van der Waals surface area contributed by atoms with Crippen molar-refractivity contribution in [1.82, 2.24) is 9.78 Å². The van der Waals surface area contributed by atoms with Gasteiger partial charge in [-0.25, -0.2) is 9.07 Å². The second-order valence-electron chi connectivity index (χ2n) is 4.44. The van der Waals surface area contributed by atoms with E-state index in [0.29, 0.717) is 11.0 Å². The van der Waals surface area contributed by atoms with E-state index in [0.717, 1.165) is 35.3 Å². The molecule has 5 heteroatoms. The van der Waals surface area contributed by atoms with E-state index in [1.807, 2.05) is 6.92 Å². The third-order valence-corrected chi connectivity index (χ3v) is 3.67. The summed E-state index contributed by atoms with van der Waals surface area (Å²) in [4.78, 5) is 0. The largest absolute Gasteiger partial charge is 0.221 e. The van der Waals surface area contributed by atoms with Crippen LogP contribution in [0.5, 0.6) is 0 Å². The van der Waals surface area contributed by atoms with Gasteiger partial charge in [-0.3, -0.25) is 0 Å². The number of rotatable bonds is 4. The van der Waals surface area contributed by atoms with Crippen LogP contribution in [0.3, 0.4) is 0 Å². The molecule has 2 nitrogen and oxygen atoms in total. The van der Waals surface area contributed by atoms with Gasteiger partial charge in [0.15, 0.2) is 0 Å². The highest BCUT2D eigenvalue weighted by Crippen LogP contribution is 2.27. The molecule has 2 rings (SSSR count). The summed E-state index contributed by atoms with van der Waals surface area (Å²) in [6.45, 7) is 3.91. The van der Waals surface area contributed by atoms with E-state index in [2.05, 4.69) is 12.0 Å². The number of nitrogens with zero attached hydrogens (tertiary/aromatic N) is 2. The summed E-state index contributed by atoms with van der Waals surface area (Å²) in [6, 6.07) is 4.55. The molecule has 19 heavy (non-hydrogen) atoms. The lowest BCUT2D eigenvalue weighted by atomic mass is 10.2. The van der Waals surface area contributed by atoms with E-state index in [1.54, 1.807) is 10.7 Å². The minimum absolute atomic E-state index is 0.268. The normalized spacial score (nSPS) is 11.0. The molecule has 0 bridgehead atoms. The maximum absolute atomic E-state index is 13.2. The highest BCUT2D eigenvalue weighted by molar-refractivity contribution is 6.31. The van der Waals surface area contributed by atoms with Gasteiger partial charge in [-0.1, -0.05) is 24.9 Å². The first kappa shape index (κ1) is 14.4. The summed E-state index contributed by atoms with van der Waals surface area (Å²) >= 11 is 12.3. The first-order chi connectivity index (χ1) is 9.08. The molecule has 1 heterocycles. The Bertz CT molecular complexity index is 593. The fourth-order valence-corrected chi connectivity index (χ4v) is 2.71. The first-order valence-electron chi connectivity index (χ1n) is 6.17. The van der Waals surface area contributed by atoms with Crippen LogP contribution in [0.2, 0.25) is 5.15 Å². The summed E-state index contributed by atoms with van der Waals surface area (Å²) in [6.07, 6.45) is 1.80. The van der Waals surface area contributed by atoms with Crippen LogP contribution < -0.4 is 0 Å². The van der Waals surface area contributed by atoms with Crippen LogP contribution >= 0.6 is 23.2 Å². The lowest BCUT2D eigenvalue weighted by Crippen LogP contribution is -2.00. The molecule has 0 N–H and O–H groups in total. The Morgan fingerprint density at radius 2 is 2.11 bits per heavy atom. The van der Waals surface area contributed by atoms with Crippen molar-refractivity contribution in [1.29, 1.82) is 0 Å². The summed E-state index contributed by atoms with van der Waals surface area (Å²) in [7, 11) is 0. The number of hydrogen-bond acceptors (Lipinski definition) is 1. The minimum Gasteiger partial charge on any atom is -0.221 e. The molecule has 0 amide bonds. The molecular formula is C14H15Cl2FN2. The summed E-state index contributed by atoms with van der Waals surface area (Å²) in [5, 5.41) is 5.02. The number of aryl methyl sites for hydroxylation is 2. The van der Waals surface area contributed by atoms with Gasteiger partial charge in [-0.05, 0) is 37.1 Å². The van der Waals surface area contributed by atoms with Crippen molar-refractivity contribution < 1.29 is 4.39 Å². The number of aromatic nitrogens is 2. The highest BCUT2D eigenvalue weighted by Gasteiger charge is 2.17. The number of alkyl halides is 1. The Kier molecular flexibility index (Phi) is 4.48. The molecule has 0 spiro atoms. The van der Waals surface area contributed by atoms with E-state index in [9.17, 15) is 4.39 Å². The van der Waals surface area contributed by atoms with Gasteiger partial charge in [-0.15, -0.1) is 11.6 Å². The summed E-state index contributed by atoms with van der Waals surface area (Å²) < 4.78 is 14.8. The lowest BCUT2D eigenvalue weighted by Gasteiger charge is -2.07. The van der Waals surface area contributed by atoms with Crippen LogP contribution in [-0.2, 0) is 12.3 Å². The van der Waals surface area contributed by atoms with Gasteiger partial charge < -0.3 is 0 Å². The van der Waals surface area contributed by atoms with Crippen LogP contribution in [0.4, 0.5) is 4.39 Å². The van der Waals surface area contributed by atoms with Crippen LogP contribution in [0, 0.1) is 12.7 Å². The number of hydrogen-bond donors (Lipinski definition) is 0. The quantitative estimate of drug-likeness (QED) is 0.751. The van der Waals surface area contributed by atoms with Gasteiger partial charge >= 0.3 is 0 Å². The molecule has 0 unspecified atom stereocenters. The second kappa shape index (κ2) is 5.93. The van der Waals surface area contributed by atoms with Crippen molar-refractivity contribution in [3.8, 4) is 5.69 Å². The smallest absolute Gasteiger partial charge is 0.137 e. The molecule has 0 aliphatic heterocycles. The lowest BCUT2D eigenvalue weighted by molar-refractivity contribution is 0.625. The molecular weight excluding hydrogens is 286 g/mol. The molecule has 0 fully saturated rings. The van der Waals surface area contributed by atoms with E-state index < -0.39 is 0 Å². The van der Waals surface area contributed by atoms with E-state index in [4.69, 9.17) is 23.2 Å². The van der Waals surface area contributed by atoms with E-state index >= 15 is 0 Å². The molecule has 102 valence electrons. The van der Waals surface area contributed by atoms with Gasteiger partial charge in [0.2, 0.25) is 0 Å². The zero-order valence-electron chi connectivity index (χ0n) is 10.9. The van der Waals surface area contributed by atoms with Crippen molar-refractivity contribution in [3.05, 3.63) is 46.0 Å². The Labute approximate surface area is 122 Å². The van der Waals surface area contributed by atoms with Crippen LogP contribution in [0.1, 0.15) is 30.2 Å². The van der Waals surface area contributed by atoms with Crippen molar-refractivity contribution in [3.63, 3.8) is 0 Å². The van der Waals surface area contributed by atoms with E-state index in [1.165, 1.54) is 12.1 Å². The SMILES string of the molecule is CCCc1nn(-c2ccc(F)cc2C)c(Cl)c1CCl. The minimum atomic E-state index is -0.268. The van der Waals surface area contributed by atoms with Crippen molar-refractivity contribution in [2.75, 3.05) is 0 Å². The van der Waals surface area contributed by atoms with Crippen LogP contribution in [0.15, 0.2) is 18.2 Å². The standard InChI is InChI=1S/C14H15Cl2FN2/c1-3-4-12-11(8-15)14(16)19(18-12)13-6-5-10(17)7-9(13)2/h5-7H,3-4,8H2,1-2H3. The van der Waals surface area contributed by atoms with Crippen LogP contribution in [0.25, 0.3) is 5.69 Å². The second-order valence-corrected chi connectivity index (χ2v) is 5.07. The van der Waals surface area contributed by atoms with Crippen molar-refractivity contribution >= 4 is 23.2 Å². The van der Waals surface area contributed by atoms with Gasteiger partial charge in [-0.2, -0.15) is 5.10 Å². The Hall–Kier alpha value is -1.06. The van der Waals surface area contributed by atoms with Crippen molar-refractivity contribution in [2.45, 2.75) is 32.6 Å². The average Bonchev–Trinajstić information content (AvgIpc) is 2.66. The summed E-state index contributed by atoms with van der Waals surface area (Å²) in [5.74, 6) is 0.0601. The molecule has 1 aromatic carbocycles. The van der Waals surface area contributed by atoms with Gasteiger partial charge in [0, 0.05) is 5.56 Å². The van der Waals surface area contributed by atoms with E-state index in [-0.39, 0.29) is 5.82 Å². The number of benzene rings is 1. The molecule has 2 aromatic rings. The zero-order valence-corrected chi connectivity index (χ0v) is 12.4. The summed E-state index contributed by atoms with van der Waals surface area (Å²) in [5.41, 5.74) is 3.33. The zero-order chi connectivity index (χ0) is 14.0. The Morgan fingerprint density at radius 1 is 1.37 bits per heavy atom. The van der Waals surface area contributed by atoms with Crippen molar-refractivity contribution in [2.24, 2.45) is 0 Å². The maximum Gasteiger partial charge on any atom is 0.137 e. The molecule has 0 aliphatic carbocycles. The average molecular weight is 301 g/mol. The van der Waals surface area contributed by atoms with Crippen LogP contribution in [-0.4, -0.2) is 9.78 Å². The monoisotopic (exact) mass is 300 g/mol.